The van der Waals surface area contributed by atoms with E-state index in [2.05, 4.69) is 10.6 Å². The number of carbonyl (C=O) groups is 1. The number of hydrogen-bond donors (Lipinski definition) is 3. The molecule has 0 saturated carbocycles. The van der Waals surface area contributed by atoms with E-state index < -0.39 is 37.7 Å². The van der Waals surface area contributed by atoms with Crippen LogP contribution in [0.1, 0.15) is 41.7 Å². The maximum absolute atomic E-state index is 15.3. The largest absolute Gasteiger partial charge is 0.465 e. The lowest BCUT2D eigenvalue weighted by Gasteiger charge is -2.38. The highest BCUT2D eigenvalue weighted by atomic mass is 32.2. The Morgan fingerprint density at radius 1 is 1.21 bits per heavy atom. The minimum absolute atomic E-state index is 0.0649. The Kier molecular flexibility index (Phi) is 7.25. The van der Waals surface area contributed by atoms with Crippen molar-refractivity contribution in [3.05, 3.63) is 71.0 Å². The second kappa shape index (κ2) is 10.0. The molecular formula is C25H31FN2O5S. The first-order valence-electron chi connectivity index (χ1n) is 11.6. The van der Waals surface area contributed by atoms with Crippen molar-refractivity contribution in [3.8, 4) is 0 Å². The van der Waals surface area contributed by atoms with E-state index in [4.69, 9.17) is 9.84 Å². The van der Waals surface area contributed by atoms with Crippen LogP contribution in [0.2, 0.25) is 0 Å². The fourth-order valence-corrected chi connectivity index (χ4v) is 7.50. The molecule has 3 atom stereocenters. The monoisotopic (exact) mass is 490 g/mol. The highest BCUT2D eigenvalue weighted by molar-refractivity contribution is 7.92. The van der Waals surface area contributed by atoms with Crippen LogP contribution in [0, 0.1) is 5.82 Å². The van der Waals surface area contributed by atoms with E-state index in [0.717, 1.165) is 5.56 Å². The maximum atomic E-state index is 15.3. The van der Waals surface area contributed by atoms with Crippen molar-refractivity contribution in [2.24, 2.45) is 0 Å². The molecular weight excluding hydrogens is 459 g/mol. The number of rotatable bonds is 6. The number of ether oxygens (including phenoxy) is 1. The Bertz CT molecular complexity index is 1120. The lowest BCUT2D eigenvalue weighted by molar-refractivity contribution is 0.0497. The molecule has 2 aliphatic heterocycles. The van der Waals surface area contributed by atoms with Gasteiger partial charge in [-0.15, -0.1) is 0 Å². The predicted molar refractivity (Wildman–Crippen MR) is 127 cm³/mol. The molecule has 2 aromatic rings. The topological polar surface area (TPSA) is 105 Å². The normalized spacial score (nSPS) is 26.0. The Morgan fingerprint density at radius 3 is 2.56 bits per heavy atom. The summed E-state index contributed by atoms with van der Waals surface area (Å²) in [6, 6.07) is 13.7. The van der Waals surface area contributed by atoms with Crippen molar-refractivity contribution in [1.29, 1.82) is 0 Å². The molecule has 0 bridgehead atoms. The van der Waals surface area contributed by atoms with Gasteiger partial charge in [-0.2, -0.15) is 0 Å². The van der Waals surface area contributed by atoms with Crippen LogP contribution < -0.4 is 10.6 Å². The number of sulfone groups is 1. The molecule has 2 fully saturated rings. The minimum atomic E-state index is -3.56. The first-order valence-corrected chi connectivity index (χ1v) is 13.2. The van der Waals surface area contributed by atoms with Gasteiger partial charge >= 0.3 is 6.09 Å². The standard InChI is InChI=1S/C25H31FN2O5S/c1-17-22(34(31,32)23(15-27-17)18-5-3-2-4-6-18)13-19-7-8-20(14-21(19)26)25(16-28-24(29)30)9-11-33-12-10-25/h2-8,14,17,22-23,27-28H,9-13,15-16H2,1H3,(H,29,30)/t17-,22?,23-/m0/s1. The van der Waals surface area contributed by atoms with Crippen molar-refractivity contribution in [1.82, 2.24) is 10.6 Å². The first-order chi connectivity index (χ1) is 16.2. The predicted octanol–water partition coefficient (Wildman–Crippen LogP) is 3.20. The zero-order valence-corrected chi connectivity index (χ0v) is 20.0. The highest BCUT2D eigenvalue weighted by Crippen LogP contribution is 2.37. The molecule has 0 spiro atoms. The molecule has 9 heteroatoms. The van der Waals surface area contributed by atoms with Crippen molar-refractivity contribution < 1.29 is 27.4 Å². The van der Waals surface area contributed by atoms with Gasteiger partial charge in [0.15, 0.2) is 9.84 Å². The number of hydrogen-bond acceptors (Lipinski definition) is 5. The van der Waals surface area contributed by atoms with Gasteiger partial charge in [0, 0.05) is 37.8 Å². The lowest BCUT2D eigenvalue weighted by Crippen LogP contribution is -2.53. The zero-order chi connectivity index (χ0) is 24.3. The Balaban J connectivity index is 1.59. The van der Waals surface area contributed by atoms with Gasteiger partial charge in [-0.3, -0.25) is 0 Å². The number of benzene rings is 2. The lowest BCUT2D eigenvalue weighted by atomic mass is 9.73. The Labute approximate surface area is 199 Å². The third-order valence-electron chi connectivity index (χ3n) is 7.29. The summed E-state index contributed by atoms with van der Waals surface area (Å²) in [4.78, 5) is 11.1. The molecule has 2 saturated heterocycles. The molecule has 2 heterocycles. The summed E-state index contributed by atoms with van der Waals surface area (Å²) in [6.07, 6.45) is 0.0842. The van der Waals surface area contributed by atoms with Crippen molar-refractivity contribution in [2.75, 3.05) is 26.3 Å². The number of halogens is 1. The quantitative estimate of drug-likeness (QED) is 0.575. The molecule has 34 heavy (non-hydrogen) atoms. The summed E-state index contributed by atoms with van der Waals surface area (Å²) in [5.74, 6) is -0.470. The molecule has 0 aromatic heterocycles. The average Bonchev–Trinajstić information content (AvgIpc) is 2.82. The van der Waals surface area contributed by atoms with E-state index in [1.807, 2.05) is 37.3 Å². The van der Waals surface area contributed by atoms with Gasteiger partial charge in [0.05, 0.1) is 10.5 Å². The van der Waals surface area contributed by atoms with Gasteiger partial charge in [0.25, 0.3) is 0 Å². The van der Waals surface area contributed by atoms with E-state index in [1.165, 1.54) is 6.07 Å². The molecule has 1 amide bonds. The van der Waals surface area contributed by atoms with Gasteiger partial charge < -0.3 is 20.5 Å². The fourth-order valence-electron chi connectivity index (χ4n) is 5.14. The van der Waals surface area contributed by atoms with Crippen molar-refractivity contribution in [2.45, 2.75) is 48.1 Å². The summed E-state index contributed by atoms with van der Waals surface area (Å²) in [5, 5.41) is 13.4. The van der Waals surface area contributed by atoms with Crippen molar-refractivity contribution >= 4 is 15.9 Å². The van der Waals surface area contributed by atoms with Crippen LogP contribution in [0.15, 0.2) is 48.5 Å². The average molecular weight is 491 g/mol. The fraction of sp³-hybridized carbons (Fsp3) is 0.480. The minimum Gasteiger partial charge on any atom is -0.465 e. The van der Waals surface area contributed by atoms with Crippen LogP contribution in [-0.4, -0.2) is 57.2 Å². The van der Waals surface area contributed by atoms with Gasteiger partial charge in [-0.1, -0.05) is 42.5 Å². The SMILES string of the molecule is C[C@@H]1NC[C@@H](c2ccccc2)S(=O)(=O)C1Cc1ccc(C2(CNC(=O)O)CCOCC2)cc1F. The number of nitrogens with one attached hydrogen (secondary N) is 2. The summed E-state index contributed by atoms with van der Waals surface area (Å²) < 4.78 is 47.8. The van der Waals surface area contributed by atoms with E-state index in [1.54, 1.807) is 12.1 Å². The summed E-state index contributed by atoms with van der Waals surface area (Å²) in [7, 11) is -3.56. The first kappa shape index (κ1) is 24.6. The van der Waals surface area contributed by atoms with Crippen LogP contribution >= 0.6 is 0 Å². The second-order valence-electron chi connectivity index (χ2n) is 9.29. The van der Waals surface area contributed by atoms with Gasteiger partial charge in [0.1, 0.15) is 5.82 Å². The Hall–Kier alpha value is -2.49. The zero-order valence-electron chi connectivity index (χ0n) is 19.2. The molecule has 0 aliphatic carbocycles. The third kappa shape index (κ3) is 4.96. The van der Waals surface area contributed by atoms with E-state index in [0.29, 0.717) is 43.7 Å². The molecule has 3 N–H and O–H groups in total. The van der Waals surface area contributed by atoms with Gasteiger partial charge in [-0.25, -0.2) is 17.6 Å². The van der Waals surface area contributed by atoms with Crippen LogP contribution in [0.4, 0.5) is 9.18 Å². The van der Waals surface area contributed by atoms with Gasteiger partial charge in [0.2, 0.25) is 0 Å². The molecule has 2 aliphatic rings. The number of amides is 1. The molecule has 184 valence electrons. The van der Waals surface area contributed by atoms with Crippen LogP contribution in [0.5, 0.6) is 0 Å². The summed E-state index contributed by atoms with van der Waals surface area (Å²) in [5.41, 5.74) is 1.22. The molecule has 2 aromatic carbocycles. The van der Waals surface area contributed by atoms with Crippen LogP contribution in [0.3, 0.4) is 0 Å². The van der Waals surface area contributed by atoms with Crippen LogP contribution in [-0.2, 0) is 26.4 Å². The van der Waals surface area contributed by atoms with Crippen LogP contribution in [0.25, 0.3) is 0 Å². The highest BCUT2D eigenvalue weighted by Gasteiger charge is 2.43. The van der Waals surface area contributed by atoms with Crippen molar-refractivity contribution in [3.63, 3.8) is 0 Å². The van der Waals surface area contributed by atoms with Gasteiger partial charge in [-0.05, 0) is 48.9 Å². The van der Waals surface area contributed by atoms with E-state index >= 15 is 4.39 Å². The molecule has 1 unspecified atom stereocenters. The molecule has 7 nitrogen and oxygen atoms in total. The number of carboxylic acid groups (broad SMARTS) is 1. The maximum Gasteiger partial charge on any atom is 0.404 e. The molecule has 0 radical (unpaired) electrons. The summed E-state index contributed by atoms with van der Waals surface area (Å²) >= 11 is 0. The Morgan fingerprint density at radius 2 is 1.91 bits per heavy atom. The van der Waals surface area contributed by atoms with E-state index in [-0.39, 0.29) is 19.0 Å². The molecule has 4 rings (SSSR count). The second-order valence-corrected chi connectivity index (χ2v) is 11.6. The summed E-state index contributed by atoms with van der Waals surface area (Å²) in [6.45, 7) is 3.25. The van der Waals surface area contributed by atoms with E-state index in [9.17, 15) is 13.2 Å². The smallest absolute Gasteiger partial charge is 0.404 e. The third-order valence-corrected chi connectivity index (χ3v) is 9.94.